The average Bonchev–Trinajstić information content (AvgIpc) is 3.19. The lowest BCUT2D eigenvalue weighted by molar-refractivity contribution is -0.110. The van der Waals surface area contributed by atoms with E-state index in [0.29, 0.717) is 27.8 Å². The van der Waals surface area contributed by atoms with Crippen LogP contribution in [0.5, 0.6) is 0 Å². The summed E-state index contributed by atoms with van der Waals surface area (Å²) in [6.45, 7) is 0. The van der Waals surface area contributed by atoms with E-state index in [4.69, 9.17) is 21.2 Å². The van der Waals surface area contributed by atoms with Gasteiger partial charge in [-0.15, -0.1) is 0 Å². The number of hydrogen-bond acceptors (Lipinski definition) is 4. The Morgan fingerprint density at radius 2 is 1.81 bits per heavy atom. The second-order valence-electron chi connectivity index (χ2n) is 5.95. The van der Waals surface area contributed by atoms with E-state index in [1.807, 2.05) is 18.2 Å². The van der Waals surface area contributed by atoms with Crippen molar-refractivity contribution in [1.82, 2.24) is 0 Å². The van der Waals surface area contributed by atoms with Crippen LogP contribution in [0, 0.1) is 0 Å². The summed E-state index contributed by atoms with van der Waals surface area (Å²) >= 11 is 6.18. The zero-order valence-electron chi connectivity index (χ0n) is 13.8. The number of fused-ring (bicyclic) bond motifs is 1. The first-order valence-electron chi connectivity index (χ1n) is 7.88. The monoisotopic (exact) mass is 400 g/mol. The van der Waals surface area contributed by atoms with Crippen LogP contribution >= 0.6 is 11.6 Å². The number of benzene rings is 2. The van der Waals surface area contributed by atoms with Gasteiger partial charge in [-0.2, -0.15) is 0 Å². The van der Waals surface area contributed by atoms with Crippen LogP contribution in [0.1, 0.15) is 11.3 Å². The molecule has 6 nitrogen and oxygen atoms in total. The van der Waals surface area contributed by atoms with E-state index in [-0.39, 0.29) is 16.4 Å². The molecule has 2 aromatic carbocycles. The molecular weight excluding hydrogens is 388 g/mol. The maximum absolute atomic E-state index is 12.3. The van der Waals surface area contributed by atoms with Crippen LogP contribution in [-0.4, -0.2) is 14.3 Å². The van der Waals surface area contributed by atoms with Crippen LogP contribution in [0.25, 0.3) is 23.0 Å². The Balaban J connectivity index is 1.76. The number of carbonyl (C=O) groups is 1. The maximum atomic E-state index is 12.3. The molecule has 3 N–H and O–H groups in total. The molecule has 1 aliphatic rings. The fourth-order valence-electron chi connectivity index (χ4n) is 2.87. The molecule has 136 valence electrons. The Labute approximate surface area is 160 Å². The van der Waals surface area contributed by atoms with Crippen molar-refractivity contribution in [3.05, 3.63) is 70.9 Å². The largest absolute Gasteiger partial charge is 0.457 e. The minimum Gasteiger partial charge on any atom is -0.457 e. The summed E-state index contributed by atoms with van der Waals surface area (Å²) in [6.07, 6.45) is 1.55. The minimum atomic E-state index is -3.88. The van der Waals surface area contributed by atoms with Gasteiger partial charge in [0.2, 0.25) is 10.0 Å². The predicted octanol–water partition coefficient (Wildman–Crippen LogP) is 3.74. The predicted molar refractivity (Wildman–Crippen MR) is 103 cm³/mol. The molecule has 0 aliphatic carbocycles. The summed E-state index contributed by atoms with van der Waals surface area (Å²) in [6, 6.07) is 14.9. The van der Waals surface area contributed by atoms with E-state index in [9.17, 15) is 13.2 Å². The van der Waals surface area contributed by atoms with Crippen molar-refractivity contribution in [2.45, 2.75) is 4.90 Å². The van der Waals surface area contributed by atoms with Crippen LogP contribution < -0.4 is 10.5 Å². The molecule has 0 saturated heterocycles. The van der Waals surface area contributed by atoms with E-state index in [0.717, 1.165) is 5.56 Å². The van der Waals surface area contributed by atoms with Gasteiger partial charge in [0.15, 0.2) is 0 Å². The van der Waals surface area contributed by atoms with Crippen molar-refractivity contribution in [1.29, 1.82) is 0 Å². The Bertz CT molecular complexity index is 1210. The standard InChI is InChI=1S/C19H13ClN2O4S/c20-16-4-2-1-3-13(16)18-8-5-11(26-18)9-15-14-10-12(27(21,24)25)6-7-17(14)22-19(15)23/h1-10H,(H,22,23)(H2,21,24,25). The number of nitrogens with one attached hydrogen (secondary N) is 1. The lowest BCUT2D eigenvalue weighted by Crippen LogP contribution is -2.12. The second-order valence-corrected chi connectivity index (χ2v) is 7.92. The number of nitrogens with two attached hydrogens (primary N) is 1. The summed E-state index contributed by atoms with van der Waals surface area (Å²) in [5, 5.41) is 8.42. The first-order valence-corrected chi connectivity index (χ1v) is 9.80. The zero-order chi connectivity index (χ0) is 19.2. The fourth-order valence-corrected chi connectivity index (χ4v) is 3.63. The molecule has 0 atom stereocenters. The number of rotatable bonds is 3. The topological polar surface area (TPSA) is 102 Å². The third-order valence-electron chi connectivity index (χ3n) is 4.16. The summed E-state index contributed by atoms with van der Waals surface area (Å²) in [5.74, 6) is 0.639. The van der Waals surface area contributed by atoms with Crippen molar-refractivity contribution < 1.29 is 17.6 Å². The molecule has 2 heterocycles. The van der Waals surface area contributed by atoms with Crippen LogP contribution in [0.2, 0.25) is 5.02 Å². The Morgan fingerprint density at radius 1 is 1.04 bits per heavy atom. The molecule has 0 unspecified atom stereocenters. The molecule has 4 rings (SSSR count). The lowest BCUT2D eigenvalue weighted by Gasteiger charge is -2.02. The smallest absolute Gasteiger partial charge is 0.256 e. The van der Waals surface area contributed by atoms with Crippen LogP contribution in [-0.2, 0) is 14.8 Å². The molecule has 0 radical (unpaired) electrons. The highest BCUT2D eigenvalue weighted by Crippen LogP contribution is 2.36. The number of carbonyl (C=O) groups excluding carboxylic acids is 1. The molecule has 27 heavy (non-hydrogen) atoms. The van der Waals surface area contributed by atoms with Gasteiger partial charge >= 0.3 is 0 Å². The van der Waals surface area contributed by atoms with Gasteiger partial charge in [-0.1, -0.05) is 23.7 Å². The van der Waals surface area contributed by atoms with Crippen molar-refractivity contribution in [2.75, 3.05) is 5.32 Å². The molecule has 1 aliphatic heterocycles. The van der Waals surface area contributed by atoms with Gasteiger partial charge in [0.05, 0.1) is 15.5 Å². The summed E-state index contributed by atoms with van der Waals surface area (Å²) in [7, 11) is -3.88. The third-order valence-corrected chi connectivity index (χ3v) is 5.40. The summed E-state index contributed by atoms with van der Waals surface area (Å²) in [5.41, 5.74) is 1.98. The SMILES string of the molecule is NS(=O)(=O)c1ccc2c(c1)C(=Cc1ccc(-c3ccccc3Cl)o1)C(=O)N2. The van der Waals surface area contributed by atoms with E-state index < -0.39 is 10.0 Å². The van der Waals surface area contributed by atoms with Crippen LogP contribution in [0.3, 0.4) is 0 Å². The van der Waals surface area contributed by atoms with Gasteiger partial charge in [-0.05, 0) is 48.5 Å². The number of anilines is 1. The normalized spacial score (nSPS) is 15.0. The van der Waals surface area contributed by atoms with E-state index in [1.165, 1.54) is 18.2 Å². The zero-order valence-corrected chi connectivity index (χ0v) is 15.3. The summed E-state index contributed by atoms with van der Waals surface area (Å²) in [4.78, 5) is 12.2. The van der Waals surface area contributed by atoms with Gasteiger partial charge in [-0.3, -0.25) is 4.79 Å². The highest BCUT2D eigenvalue weighted by molar-refractivity contribution is 7.89. The molecule has 1 amide bonds. The summed E-state index contributed by atoms with van der Waals surface area (Å²) < 4.78 is 29.0. The third kappa shape index (κ3) is 3.28. The molecular formula is C19H13ClN2O4S. The van der Waals surface area contributed by atoms with Crippen molar-refractivity contribution in [3.63, 3.8) is 0 Å². The second kappa shape index (κ2) is 6.38. The molecule has 0 bridgehead atoms. The number of halogens is 1. The van der Waals surface area contributed by atoms with Gasteiger partial charge in [0, 0.05) is 16.8 Å². The molecule has 3 aromatic rings. The van der Waals surface area contributed by atoms with E-state index in [1.54, 1.807) is 24.3 Å². The quantitative estimate of drug-likeness (QED) is 0.653. The number of hydrogen-bond donors (Lipinski definition) is 2. The van der Waals surface area contributed by atoms with Gasteiger partial charge in [0.25, 0.3) is 5.91 Å². The Hall–Kier alpha value is -2.87. The van der Waals surface area contributed by atoms with Crippen LogP contribution in [0.15, 0.2) is 63.9 Å². The molecule has 0 spiro atoms. The van der Waals surface area contributed by atoms with E-state index in [2.05, 4.69) is 5.32 Å². The van der Waals surface area contributed by atoms with Gasteiger partial charge in [0.1, 0.15) is 11.5 Å². The van der Waals surface area contributed by atoms with Crippen molar-refractivity contribution in [3.8, 4) is 11.3 Å². The number of amides is 1. The molecule has 1 aromatic heterocycles. The molecule has 0 saturated carbocycles. The fraction of sp³-hybridized carbons (Fsp3) is 0. The lowest BCUT2D eigenvalue weighted by atomic mass is 10.1. The molecule has 8 heteroatoms. The molecule has 0 fully saturated rings. The first-order chi connectivity index (χ1) is 12.8. The Morgan fingerprint density at radius 3 is 2.56 bits per heavy atom. The van der Waals surface area contributed by atoms with Crippen molar-refractivity contribution >= 4 is 44.9 Å². The van der Waals surface area contributed by atoms with Crippen LogP contribution in [0.4, 0.5) is 5.69 Å². The highest BCUT2D eigenvalue weighted by Gasteiger charge is 2.26. The van der Waals surface area contributed by atoms with Crippen molar-refractivity contribution in [2.24, 2.45) is 5.14 Å². The minimum absolute atomic E-state index is 0.0696. The number of primary sulfonamides is 1. The Kier molecular flexibility index (Phi) is 4.15. The van der Waals surface area contributed by atoms with Gasteiger partial charge < -0.3 is 9.73 Å². The highest BCUT2D eigenvalue weighted by atomic mass is 35.5. The first kappa shape index (κ1) is 17.5. The van der Waals surface area contributed by atoms with E-state index >= 15 is 0 Å². The van der Waals surface area contributed by atoms with Gasteiger partial charge in [-0.25, -0.2) is 13.6 Å². The average molecular weight is 401 g/mol. The number of furan rings is 1. The maximum Gasteiger partial charge on any atom is 0.256 e. The number of sulfonamides is 1.